The number of benzene rings is 3. The van der Waals surface area contributed by atoms with Crippen LogP contribution in [0.5, 0.6) is 5.75 Å². The van der Waals surface area contributed by atoms with Crippen molar-refractivity contribution in [1.29, 1.82) is 5.26 Å². The van der Waals surface area contributed by atoms with Gasteiger partial charge in [0, 0.05) is 18.7 Å². The maximum absolute atomic E-state index is 10.5. The van der Waals surface area contributed by atoms with Gasteiger partial charge in [-0.1, -0.05) is 37.3 Å². The summed E-state index contributed by atoms with van der Waals surface area (Å²) < 4.78 is 5.53. The molecular weight excluding hydrogens is 392 g/mol. The number of methoxy groups -OCH3 is 1. The van der Waals surface area contributed by atoms with E-state index in [1.807, 2.05) is 0 Å². The van der Waals surface area contributed by atoms with E-state index in [1.165, 1.54) is 63.0 Å². The molecule has 0 unspecified atom stereocenters. The summed E-state index contributed by atoms with van der Waals surface area (Å²) in [6.07, 6.45) is 5.27. The molecular formula is C29H28N2O. The number of ether oxygens (including phenoxy) is 1. The van der Waals surface area contributed by atoms with E-state index in [0.717, 1.165) is 49.6 Å². The van der Waals surface area contributed by atoms with E-state index in [2.05, 4.69) is 60.4 Å². The van der Waals surface area contributed by atoms with Crippen molar-refractivity contribution < 1.29 is 4.74 Å². The number of nitriles is 1. The predicted molar refractivity (Wildman–Crippen MR) is 129 cm³/mol. The first-order valence-corrected chi connectivity index (χ1v) is 11.8. The van der Waals surface area contributed by atoms with Gasteiger partial charge in [-0.25, -0.2) is 0 Å². The average molecular weight is 421 g/mol. The normalized spacial score (nSPS) is 16.6. The minimum atomic E-state index is 0.760. The Balaban J connectivity index is 1.66. The van der Waals surface area contributed by atoms with Crippen LogP contribution in [0.3, 0.4) is 0 Å². The highest BCUT2D eigenvalue weighted by atomic mass is 16.5. The Hall–Kier alpha value is -3.25. The zero-order valence-electron chi connectivity index (χ0n) is 18.9. The number of fused-ring (bicyclic) bond motifs is 7. The molecule has 0 spiro atoms. The smallest absolute Gasteiger partial charge is 0.119 e. The molecule has 3 heteroatoms. The summed E-state index contributed by atoms with van der Waals surface area (Å²) in [6.45, 7) is 4.43. The van der Waals surface area contributed by atoms with Crippen LogP contribution in [-0.4, -0.2) is 20.2 Å². The molecule has 1 heterocycles. The molecule has 0 amide bonds. The summed E-state index contributed by atoms with van der Waals surface area (Å²) in [4.78, 5) is 2.52. The summed E-state index contributed by atoms with van der Waals surface area (Å²) in [5.41, 5.74) is 12.7. The lowest BCUT2D eigenvalue weighted by atomic mass is 9.78. The van der Waals surface area contributed by atoms with E-state index in [1.54, 1.807) is 7.11 Å². The van der Waals surface area contributed by atoms with Gasteiger partial charge in [0.25, 0.3) is 0 Å². The summed E-state index contributed by atoms with van der Waals surface area (Å²) in [6, 6.07) is 17.9. The monoisotopic (exact) mass is 420 g/mol. The van der Waals surface area contributed by atoms with Crippen molar-refractivity contribution in [1.82, 2.24) is 0 Å². The van der Waals surface area contributed by atoms with Crippen LogP contribution in [0.2, 0.25) is 0 Å². The summed E-state index contributed by atoms with van der Waals surface area (Å²) >= 11 is 0. The second kappa shape index (κ2) is 7.41. The van der Waals surface area contributed by atoms with Crippen molar-refractivity contribution in [3.8, 4) is 34.1 Å². The molecule has 0 atom stereocenters. The van der Waals surface area contributed by atoms with Crippen molar-refractivity contribution >= 4 is 5.69 Å². The third-order valence-corrected chi connectivity index (χ3v) is 7.77. The van der Waals surface area contributed by atoms with Crippen LogP contribution in [0.25, 0.3) is 22.3 Å². The molecule has 1 saturated heterocycles. The molecule has 32 heavy (non-hydrogen) atoms. The molecule has 3 aromatic rings. The van der Waals surface area contributed by atoms with Crippen LogP contribution in [-0.2, 0) is 19.3 Å². The predicted octanol–water partition coefficient (Wildman–Crippen LogP) is 6.14. The number of nitrogens with zero attached hydrogens (tertiary/aromatic N) is 2. The molecule has 6 rings (SSSR count). The van der Waals surface area contributed by atoms with Gasteiger partial charge < -0.3 is 9.64 Å². The molecule has 0 bridgehead atoms. The van der Waals surface area contributed by atoms with Crippen LogP contribution in [0.1, 0.15) is 47.6 Å². The molecule has 1 fully saturated rings. The highest BCUT2D eigenvalue weighted by Crippen LogP contribution is 2.52. The maximum atomic E-state index is 10.5. The molecule has 0 radical (unpaired) electrons. The standard InChI is InChI=1S/C29H28N2O/c1-18-11-13-31(14-12-18)29-24-9-7-20-15-21(32-2)8-10-23(20)27(24)25-16-19-5-3-4-6-22(19)28(25)26(29)17-30/h3-6,8,10,15,18H,7,9,11-14,16H2,1-2H3. The third-order valence-electron chi connectivity index (χ3n) is 7.77. The zero-order valence-corrected chi connectivity index (χ0v) is 18.9. The van der Waals surface area contributed by atoms with Crippen LogP contribution >= 0.6 is 0 Å². The van der Waals surface area contributed by atoms with E-state index in [9.17, 15) is 5.26 Å². The second-order valence-corrected chi connectivity index (χ2v) is 9.57. The van der Waals surface area contributed by atoms with Gasteiger partial charge in [0.2, 0.25) is 0 Å². The first-order chi connectivity index (χ1) is 15.7. The lowest BCUT2D eigenvalue weighted by Crippen LogP contribution is -2.34. The van der Waals surface area contributed by atoms with E-state index < -0.39 is 0 Å². The molecule has 2 aliphatic carbocycles. The lowest BCUT2D eigenvalue weighted by molar-refractivity contribution is 0.414. The molecule has 3 aromatic carbocycles. The van der Waals surface area contributed by atoms with Gasteiger partial charge in [0.15, 0.2) is 0 Å². The van der Waals surface area contributed by atoms with E-state index in [-0.39, 0.29) is 0 Å². The molecule has 0 N–H and O–H groups in total. The van der Waals surface area contributed by atoms with Crippen LogP contribution < -0.4 is 9.64 Å². The Morgan fingerprint density at radius 1 is 0.938 bits per heavy atom. The van der Waals surface area contributed by atoms with Crippen molar-refractivity contribution in [3.05, 3.63) is 70.3 Å². The molecule has 1 aliphatic heterocycles. The zero-order chi connectivity index (χ0) is 21.8. The first kappa shape index (κ1) is 19.4. The van der Waals surface area contributed by atoms with Crippen molar-refractivity contribution in [2.45, 2.75) is 39.0 Å². The molecule has 3 nitrogen and oxygen atoms in total. The number of hydrogen-bond acceptors (Lipinski definition) is 3. The molecule has 0 saturated carbocycles. The van der Waals surface area contributed by atoms with Crippen LogP contribution in [0, 0.1) is 17.2 Å². The first-order valence-electron chi connectivity index (χ1n) is 11.8. The number of piperidine rings is 1. The van der Waals surface area contributed by atoms with Crippen molar-refractivity contribution in [3.63, 3.8) is 0 Å². The minimum Gasteiger partial charge on any atom is -0.497 e. The maximum Gasteiger partial charge on any atom is 0.119 e. The van der Waals surface area contributed by atoms with Gasteiger partial charge >= 0.3 is 0 Å². The quantitative estimate of drug-likeness (QED) is 0.391. The highest BCUT2D eigenvalue weighted by Gasteiger charge is 2.35. The van der Waals surface area contributed by atoms with Crippen molar-refractivity contribution in [2.75, 3.05) is 25.1 Å². The van der Waals surface area contributed by atoms with Crippen LogP contribution in [0.15, 0.2) is 42.5 Å². The Morgan fingerprint density at radius 3 is 2.50 bits per heavy atom. The lowest BCUT2D eigenvalue weighted by Gasteiger charge is -2.37. The van der Waals surface area contributed by atoms with Gasteiger partial charge in [0.05, 0.1) is 18.4 Å². The van der Waals surface area contributed by atoms with Crippen LogP contribution in [0.4, 0.5) is 5.69 Å². The van der Waals surface area contributed by atoms with Crippen molar-refractivity contribution in [2.24, 2.45) is 5.92 Å². The van der Waals surface area contributed by atoms with Gasteiger partial charge in [-0.2, -0.15) is 5.26 Å². The van der Waals surface area contributed by atoms with E-state index in [0.29, 0.717) is 0 Å². The number of rotatable bonds is 2. The van der Waals surface area contributed by atoms with Gasteiger partial charge in [0.1, 0.15) is 11.8 Å². The SMILES string of the molecule is COc1ccc2c(c1)CCc1c-2c2c(c(C#N)c1N1CCC(C)CC1)-c1ccccc1C2. The number of anilines is 1. The average Bonchev–Trinajstić information content (AvgIpc) is 3.22. The Bertz CT molecular complexity index is 1280. The Morgan fingerprint density at radius 2 is 1.72 bits per heavy atom. The molecule has 160 valence electrons. The minimum absolute atomic E-state index is 0.760. The fraction of sp³-hybridized carbons (Fsp3) is 0.345. The largest absolute Gasteiger partial charge is 0.497 e. The fourth-order valence-corrected chi connectivity index (χ4v) is 6.09. The Kier molecular flexibility index (Phi) is 4.50. The van der Waals surface area contributed by atoms with Gasteiger partial charge in [-0.3, -0.25) is 0 Å². The van der Waals surface area contributed by atoms with E-state index >= 15 is 0 Å². The van der Waals surface area contributed by atoms with E-state index in [4.69, 9.17) is 4.74 Å². The van der Waals surface area contributed by atoms with Gasteiger partial charge in [-0.15, -0.1) is 0 Å². The third kappa shape index (κ3) is 2.79. The highest BCUT2D eigenvalue weighted by molar-refractivity contribution is 5.97. The second-order valence-electron chi connectivity index (χ2n) is 9.57. The molecule has 3 aliphatic rings. The molecule has 0 aromatic heterocycles. The number of aryl methyl sites for hydroxylation is 1. The summed E-state index contributed by atoms with van der Waals surface area (Å²) in [5, 5.41) is 10.5. The topological polar surface area (TPSA) is 36.3 Å². The fourth-order valence-electron chi connectivity index (χ4n) is 6.09. The summed E-state index contributed by atoms with van der Waals surface area (Å²) in [7, 11) is 1.74. The number of hydrogen-bond donors (Lipinski definition) is 0. The summed E-state index contributed by atoms with van der Waals surface area (Å²) in [5.74, 6) is 1.68. The Labute approximate surface area is 190 Å². The van der Waals surface area contributed by atoms with Gasteiger partial charge in [-0.05, 0) is 89.1 Å².